The van der Waals surface area contributed by atoms with Crippen molar-refractivity contribution in [2.75, 3.05) is 0 Å². The summed E-state index contributed by atoms with van der Waals surface area (Å²) in [7, 11) is 0. The van der Waals surface area contributed by atoms with Gasteiger partial charge in [0, 0.05) is 18.0 Å². The quantitative estimate of drug-likeness (QED) is 0.740. The van der Waals surface area contributed by atoms with E-state index in [1.54, 1.807) is 18.3 Å². The predicted molar refractivity (Wildman–Crippen MR) is 52.5 cm³/mol. The first kappa shape index (κ1) is 8.50. The third kappa shape index (κ3) is 1.50. The summed E-state index contributed by atoms with van der Waals surface area (Å²) in [6, 6.07) is 7.07. The zero-order chi connectivity index (χ0) is 9.97. The lowest BCUT2D eigenvalue weighted by atomic mass is 10.2. The van der Waals surface area contributed by atoms with Crippen LogP contribution < -0.4 is 5.73 Å². The van der Waals surface area contributed by atoms with Crippen molar-refractivity contribution in [3.05, 3.63) is 42.4 Å². The van der Waals surface area contributed by atoms with Crippen LogP contribution >= 0.6 is 0 Å². The van der Waals surface area contributed by atoms with Crippen LogP contribution in [0.3, 0.4) is 0 Å². The molecule has 3 N–H and O–H groups in total. The Morgan fingerprint density at radius 1 is 1.36 bits per heavy atom. The molecule has 2 aromatic rings. The Morgan fingerprint density at radius 3 is 2.86 bits per heavy atom. The number of carbonyl (C=O) groups is 1. The van der Waals surface area contributed by atoms with Gasteiger partial charge in [-0.15, -0.1) is 0 Å². The summed E-state index contributed by atoms with van der Waals surface area (Å²) in [4.78, 5) is 17.9. The molecular formula is C10H9N3O. The molecule has 2 aromatic heterocycles. The number of hydrogen-bond donors (Lipinski definition) is 2. The monoisotopic (exact) mass is 187 g/mol. The van der Waals surface area contributed by atoms with Crippen molar-refractivity contribution < 1.29 is 4.79 Å². The van der Waals surface area contributed by atoms with Gasteiger partial charge in [-0.3, -0.25) is 4.79 Å². The third-order valence-corrected chi connectivity index (χ3v) is 1.90. The number of aromatic amines is 1. The number of carbonyl (C=O) groups excluding carboxylic acids is 1. The second kappa shape index (κ2) is 3.33. The van der Waals surface area contributed by atoms with Crippen LogP contribution in [0, 0.1) is 0 Å². The number of H-pyrrole nitrogens is 1. The molecule has 0 bridgehead atoms. The van der Waals surface area contributed by atoms with Crippen LogP contribution in [-0.4, -0.2) is 15.9 Å². The van der Waals surface area contributed by atoms with Gasteiger partial charge in [0.1, 0.15) is 5.69 Å². The van der Waals surface area contributed by atoms with Crippen LogP contribution in [0.15, 0.2) is 36.7 Å². The van der Waals surface area contributed by atoms with Crippen LogP contribution in [0.4, 0.5) is 0 Å². The molecule has 2 rings (SSSR count). The number of rotatable bonds is 2. The molecule has 0 aliphatic heterocycles. The molecule has 70 valence electrons. The van der Waals surface area contributed by atoms with Gasteiger partial charge in [0.05, 0.1) is 5.69 Å². The Hall–Kier alpha value is -2.10. The maximum atomic E-state index is 10.9. The Morgan fingerprint density at radius 2 is 2.21 bits per heavy atom. The summed E-state index contributed by atoms with van der Waals surface area (Å²) in [6.45, 7) is 0. The zero-order valence-electron chi connectivity index (χ0n) is 7.40. The van der Waals surface area contributed by atoms with Gasteiger partial charge in [-0.2, -0.15) is 0 Å². The molecule has 0 saturated heterocycles. The first-order valence-electron chi connectivity index (χ1n) is 4.17. The molecule has 0 aliphatic carbocycles. The lowest BCUT2D eigenvalue weighted by molar-refractivity contribution is 0.0995. The minimum atomic E-state index is -0.512. The maximum Gasteiger partial charge on any atom is 0.267 e. The van der Waals surface area contributed by atoms with Crippen LogP contribution in [0.25, 0.3) is 11.3 Å². The van der Waals surface area contributed by atoms with Crippen molar-refractivity contribution in [1.29, 1.82) is 0 Å². The van der Waals surface area contributed by atoms with Gasteiger partial charge in [-0.05, 0) is 18.2 Å². The second-order valence-electron chi connectivity index (χ2n) is 2.87. The van der Waals surface area contributed by atoms with E-state index < -0.39 is 5.91 Å². The molecule has 2 heterocycles. The summed E-state index contributed by atoms with van der Waals surface area (Å²) >= 11 is 0. The largest absolute Gasteiger partial charge is 0.367 e. The number of aromatic nitrogens is 2. The normalized spacial score (nSPS) is 10.0. The zero-order valence-corrected chi connectivity index (χ0v) is 7.40. The van der Waals surface area contributed by atoms with Crippen molar-refractivity contribution in [2.24, 2.45) is 5.73 Å². The highest BCUT2D eigenvalue weighted by Gasteiger charge is 2.04. The van der Waals surface area contributed by atoms with E-state index in [0.717, 1.165) is 11.3 Å². The molecule has 4 nitrogen and oxygen atoms in total. The third-order valence-electron chi connectivity index (χ3n) is 1.90. The highest BCUT2D eigenvalue weighted by Crippen LogP contribution is 2.15. The number of nitrogens with two attached hydrogens (primary N) is 1. The number of pyridine rings is 1. The summed E-state index contributed by atoms with van der Waals surface area (Å²) in [5.74, 6) is -0.512. The van der Waals surface area contributed by atoms with Crippen LogP contribution in [-0.2, 0) is 0 Å². The van der Waals surface area contributed by atoms with E-state index in [-0.39, 0.29) is 5.69 Å². The van der Waals surface area contributed by atoms with E-state index in [4.69, 9.17) is 5.73 Å². The van der Waals surface area contributed by atoms with Crippen molar-refractivity contribution in [1.82, 2.24) is 9.97 Å². The fourth-order valence-corrected chi connectivity index (χ4v) is 1.22. The Balaban J connectivity index is 2.46. The van der Waals surface area contributed by atoms with E-state index in [2.05, 4.69) is 9.97 Å². The van der Waals surface area contributed by atoms with E-state index in [0.29, 0.717) is 0 Å². The average Bonchev–Trinajstić information content (AvgIpc) is 2.71. The minimum Gasteiger partial charge on any atom is -0.367 e. The highest BCUT2D eigenvalue weighted by atomic mass is 16.1. The Bertz CT molecular complexity index is 448. The van der Waals surface area contributed by atoms with Gasteiger partial charge in [0.15, 0.2) is 0 Å². The highest BCUT2D eigenvalue weighted by molar-refractivity contribution is 5.91. The van der Waals surface area contributed by atoms with Crippen molar-refractivity contribution >= 4 is 5.91 Å². The molecule has 0 spiro atoms. The van der Waals surface area contributed by atoms with E-state index in [9.17, 15) is 4.79 Å². The Kier molecular flexibility index (Phi) is 2.02. The SMILES string of the molecule is NC(=O)c1cccc(-c2cc[nH]c2)n1. The molecular weight excluding hydrogens is 178 g/mol. The molecule has 0 fully saturated rings. The van der Waals surface area contributed by atoms with Crippen LogP contribution in [0.1, 0.15) is 10.5 Å². The molecule has 0 aromatic carbocycles. The fraction of sp³-hybridized carbons (Fsp3) is 0. The molecule has 0 saturated carbocycles. The summed E-state index contributed by atoms with van der Waals surface area (Å²) in [6.07, 6.45) is 3.61. The lowest BCUT2D eigenvalue weighted by Gasteiger charge is -1.98. The molecule has 1 amide bonds. The molecule has 14 heavy (non-hydrogen) atoms. The molecule has 0 radical (unpaired) electrons. The van der Waals surface area contributed by atoms with E-state index in [1.165, 1.54) is 0 Å². The number of hydrogen-bond acceptors (Lipinski definition) is 2. The Labute approximate surface area is 80.8 Å². The number of primary amides is 1. The fourth-order valence-electron chi connectivity index (χ4n) is 1.22. The summed E-state index contributed by atoms with van der Waals surface area (Å²) < 4.78 is 0. The first-order chi connectivity index (χ1) is 6.77. The van der Waals surface area contributed by atoms with Gasteiger partial charge in [-0.25, -0.2) is 4.98 Å². The lowest BCUT2D eigenvalue weighted by Crippen LogP contribution is -2.12. The number of amides is 1. The smallest absolute Gasteiger partial charge is 0.267 e. The molecule has 4 heteroatoms. The number of nitrogens with zero attached hydrogens (tertiary/aromatic N) is 1. The van der Waals surface area contributed by atoms with Crippen molar-refractivity contribution in [3.8, 4) is 11.3 Å². The molecule has 0 atom stereocenters. The average molecular weight is 187 g/mol. The van der Waals surface area contributed by atoms with Crippen molar-refractivity contribution in [2.45, 2.75) is 0 Å². The van der Waals surface area contributed by atoms with Crippen LogP contribution in [0.2, 0.25) is 0 Å². The van der Waals surface area contributed by atoms with Gasteiger partial charge < -0.3 is 10.7 Å². The molecule has 0 aliphatic rings. The van der Waals surface area contributed by atoms with Crippen LogP contribution in [0.5, 0.6) is 0 Å². The van der Waals surface area contributed by atoms with Gasteiger partial charge in [0.2, 0.25) is 0 Å². The number of nitrogens with one attached hydrogen (secondary N) is 1. The standard InChI is InChI=1S/C10H9N3O/c11-10(14)9-3-1-2-8(13-9)7-4-5-12-6-7/h1-6,12H,(H2,11,14). The summed E-state index contributed by atoms with van der Waals surface area (Å²) in [5.41, 5.74) is 7.08. The van der Waals surface area contributed by atoms with Gasteiger partial charge in [-0.1, -0.05) is 6.07 Å². The van der Waals surface area contributed by atoms with E-state index >= 15 is 0 Å². The predicted octanol–water partition coefficient (Wildman–Crippen LogP) is 1.18. The van der Waals surface area contributed by atoms with Gasteiger partial charge >= 0.3 is 0 Å². The van der Waals surface area contributed by atoms with Crippen molar-refractivity contribution in [3.63, 3.8) is 0 Å². The minimum absolute atomic E-state index is 0.281. The maximum absolute atomic E-state index is 10.9. The second-order valence-corrected chi connectivity index (χ2v) is 2.87. The summed E-state index contributed by atoms with van der Waals surface area (Å²) in [5, 5.41) is 0. The van der Waals surface area contributed by atoms with E-state index in [1.807, 2.05) is 18.3 Å². The molecule has 0 unspecified atom stereocenters. The topological polar surface area (TPSA) is 71.8 Å². The first-order valence-corrected chi connectivity index (χ1v) is 4.17. The van der Waals surface area contributed by atoms with Gasteiger partial charge in [0.25, 0.3) is 5.91 Å².